The number of carbonyl (C=O) groups excluding carboxylic acids is 1. The second-order valence-corrected chi connectivity index (χ2v) is 3.95. The molecule has 2 rings (SSSR count). The van der Waals surface area contributed by atoms with Crippen molar-refractivity contribution in [2.24, 2.45) is 0 Å². The molecule has 1 heterocycles. The molecule has 106 valence electrons. The number of rotatable bonds is 3. The Balaban J connectivity index is 2.16. The quantitative estimate of drug-likeness (QED) is 0.852. The van der Waals surface area contributed by atoms with Gasteiger partial charge in [0.15, 0.2) is 0 Å². The number of hydrogen-bond donors (Lipinski definition) is 2. The van der Waals surface area contributed by atoms with Gasteiger partial charge in [-0.25, -0.2) is 9.37 Å². The van der Waals surface area contributed by atoms with Crippen LogP contribution in [0.3, 0.4) is 0 Å². The van der Waals surface area contributed by atoms with Crippen molar-refractivity contribution in [2.45, 2.75) is 12.7 Å². The molecule has 0 atom stereocenters. The first-order chi connectivity index (χ1) is 9.38. The van der Waals surface area contributed by atoms with Gasteiger partial charge in [0.05, 0.1) is 29.7 Å². The lowest BCUT2D eigenvalue weighted by molar-refractivity contribution is -0.137. The highest BCUT2D eigenvalue weighted by atomic mass is 19.4. The summed E-state index contributed by atoms with van der Waals surface area (Å²) in [6, 6.07) is 1.69. The smallest absolute Gasteiger partial charge is 0.347 e. The van der Waals surface area contributed by atoms with Gasteiger partial charge >= 0.3 is 6.18 Å². The summed E-state index contributed by atoms with van der Waals surface area (Å²) >= 11 is 0. The van der Waals surface area contributed by atoms with E-state index < -0.39 is 29.0 Å². The number of alkyl halides is 3. The second kappa shape index (κ2) is 5.32. The number of nitrogens with one attached hydrogen (secondary N) is 2. The zero-order chi connectivity index (χ0) is 14.8. The van der Waals surface area contributed by atoms with Gasteiger partial charge in [-0.1, -0.05) is 0 Å². The van der Waals surface area contributed by atoms with Gasteiger partial charge in [-0.15, -0.1) is 0 Å². The molecule has 0 aliphatic rings. The molecular weight excluding hydrogens is 278 g/mol. The van der Waals surface area contributed by atoms with Gasteiger partial charge in [0.25, 0.3) is 5.91 Å². The number of imidazole rings is 1. The van der Waals surface area contributed by atoms with Crippen molar-refractivity contribution in [3.63, 3.8) is 0 Å². The summed E-state index contributed by atoms with van der Waals surface area (Å²) in [6.07, 6.45) is -1.82. The van der Waals surface area contributed by atoms with Crippen LogP contribution in [0.25, 0.3) is 0 Å². The Morgan fingerprint density at radius 1 is 1.35 bits per heavy atom. The van der Waals surface area contributed by atoms with Crippen molar-refractivity contribution >= 4 is 5.91 Å². The number of halogens is 4. The third-order valence-electron chi connectivity index (χ3n) is 2.53. The van der Waals surface area contributed by atoms with E-state index in [1.54, 1.807) is 0 Å². The average molecular weight is 287 g/mol. The van der Waals surface area contributed by atoms with E-state index in [0.29, 0.717) is 23.9 Å². The molecule has 0 bridgehead atoms. The molecular formula is C12H9F4N3O. The average Bonchev–Trinajstić information content (AvgIpc) is 2.88. The van der Waals surface area contributed by atoms with Crippen molar-refractivity contribution in [1.29, 1.82) is 0 Å². The monoisotopic (exact) mass is 287 g/mol. The SMILES string of the molecule is O=C(NCc1cnc[nH]1)c1cc(C(F)(F)F)ccc1F. The van der Waals surface area contributed by atoms with Crippen molar-refractivity contribution in [2.75, 3.05) is 0 Å². The van der Waals surface area contributed by atoms with E-state index >= 15 is 0 Å². The Hall–Kier alpha value is -2.38. The van der Waals surface area contributed by atoms with Gasteiger partial charge < -0.3 is 10.3 Å². The summed E-state index contributed by atoms with van der Waals surface area (Å²) < 4.78 is 50.9. The summed E-state index contributed by atoms with van der Waals surface area (Å²) in [4.78, 5) is 18.1. The Labute approximate surface area is 110 Å². The molecule has 2 N–H and O–H groups in total. The van der Waals surface area contributed by atoms with Crippen LogP contribution < -0.4 is 5.32 Å². The largest absolute Gasteiger partial charge is 0.416 e. The van der Waals surface area contributed by atoms with Crippen LogP contribution in [0, 0.1) is 5.82 Å². The molecule has 0 aliphatic carbocycles. The molecule has 0 unspecified atom stereocenters. The maximum absolute atomic E-state index is 13.4. The Bertz CT molecular complexity index is 608. The third-order valence-corrected chi connectivity index (χ3v) is 2.53. The van der Waals surface area contributed by atoms with Crippen molar-refractivity contribution in [3.8, 4) is 0 Å². The van der Waals surface area contributed by atoms with Crippen LogP contribution in [-0.4, -0.2) is 15.9 Å². The van der Waals surface area contributed by atoms with Gasteiger partial charge in [0.1, 0.15) is 5.82 Å². The van der Waals surface area contributed by atoms with Crippen molar-refractivity contribution < 1.29 is 22.4 Å². The molecule has 8 heteroatoms. The molecule has 0 aliphatic heterocycles. The molecule has 1 aromatic carbocycles. The summed E-state index contributed by atoms with van der Waals surface area (Å²) in [5, 5.41) is 2.30. The zero-order valence-corrected chi connectivity index (χ0v) is 9.96. The highest BCUT2D eigenvalue weighted by molar-refractivity contribution is 5.94. The lowest BCUT2D eigenvalue weighted by Crippen LogP contribution is -2.24. The zero-order valence-electron chi connectivity index (χ0n) is 9.96. The Morgan fingerprint density at radius 3 is 2.70 bits per heavy atom. The molecule has 0 radical (unpaired) electrons. The predicted octanol–water partition coefficient (Wildman–Crippen LogP) is 2.50. The molecule has 2 aromatic rings. The molecule has 1 amide bonds. The first-order valence-electron chi connectivity index (χ1n) is 5.50. The van der Waals surface area contributed by atoms with Gasteiger partial charge in [-0.2, -0.15) is 13.2 Å². The van der Waals surface area contributed by atoms with Gasteiger partial charge in [-0.3, -0.25) is 4.79 Å². The number of hydrogen-bond acceptors (Lipinski definition) is 2. The molecule has 4 nitrogen and oxygen atoms in total. The molecule has 20 heavy (non-hydrogen) atoms. The normalized spacial score (nSPS) is 11.4. The van der Waals surface area contributed by atoms with E-state index in [1.165, 1.54) is 12.5 Å². The fourth-order valence-corrected chi connectivity index (χ4v) is 1.53. The van der Waals surface area contributed by atoms with Gasteiger partial charge in [-0.05, 0) is 18.2 Å². The molecule has 0 spiro atoms. The van der Waals surface area contributed by atoms with E-state index in [-0.39, 0.29) is 6.54 Å². The second-order valence-electron chi connectivity index (χ2n) is 3.95. The molecule has 0 saturated heterocycles. The first kappa shape index (κ1) is 14.0. The number of aromatic nitrogens is 2. The van der Waals surface area contributed by atoms with Crippen LogP contribution in [-0.2, 0) is 12.7 Å². The van der Waals surface area contributed by atoms with Crippen LogP contribution in [0.2, 0.25) is 0 Å². The molecule has 0 fully saturated rings. The minimum Gasteiger partial charge on any atom is -0.347 e. The maximum Gasteiger partial charge on any atom is 0.416 e. The van der Waals surface area contributed by atoms with Gasteiger partial charge in [0, 0.05) is 6.20 Å². The Morgan fingerprint density at radius 2 is 2.10 bits per heavy atom. The van der Waals surface area contributed by atoms with Crippen LogP contribution >= 0.6 is 0 Å². The number of aromatic amines is 1. The van der Waals surface area contributed by atoms with E-state index in [2.05, 4.69) is 15.3 Å². The van der Waals surface area contributed by atoms with Crippen LogP contribution in [0.15, 0.2) is 30.7 Å². The molecule has 0 saturated carbocycles. The van der Waals surface area contributed by atoms with E-state index in [4.69, 9.17) is 0 Å². The Kier molecular flexibility index (Phi) is 3.73. The first-order valence-corrected chi connectivity index (χ1v) is 5.50. The lowest BCUT2D eigenvalue weighted by atomic mass is 10.1. The predicted molar refractivity (Wildman–Crippen MR) is 61.2 cm³/mol. The summed E-state index contributed by atoms with van der Waals surface area (Å²) in [5.74, 6) is -1.94. The van der Waals surface area contributed by atoms with Crippen LogP contribution in [0.4, 0.5) is 17.6 Å². The summed E-state index contributed by atoms with van der Waals surface area (Å²) in [7, 11) is 0. The standard InChI is InChI=1S/C12H9F4N3O/c13-10-2-1-7(12(14,15)16)3-9(10)11(20)18-5-8-4-17-6-19-8/h1-4,6H,5H2,(H,17,19)(H,18,20). The minimum atomic E-state index is -4.63. The van der Waals surface area contributed by atoms with Crippen LogP contribution in [0.1, 0.15) is 21.6 Å². The highest BCUT2D eigenvalue weighted by Crippen LogP contribution is 2.30. The number of H-pyrrole nitrogens is 1. The van der Waals surface area contributed by atoms with Crippen LogP contribution in [0.5, 0.6) is 0 Å². The topological polar surface area (TPSA) is 57.8 Å². The summed E-state index contributed by atoms with van der Waals surface area (Å²) in [6.45, 7) is 0.00845. The van der Waals surface area contributed by atoms with E-state index in [9.17, 15) is 22.4 Å². The molecule has 1 aromatic heterocycles. The number of carbonyl (C=O) groups is 1. The minimum absolute atomic E-state index is 0.00845. The van der Waals surface area contributed by atoms with E-state index in [0.717, 1.165) is 0 Å². The summed E-state index contributed by atoms with van der Waals surface area (Å²) in [5.41, 5.74) is -1.18. The fraction of sp³-hybridized carbons (Fsp3) is 0.167. The number of benzene rings is 1. The number of amides is 1. The maximum atomic E-state index is 13.4. The van der Waals surface area contributed by atoms with E-state index in [1.807, 2.05) is 0 Å². The highest BCUT2D eigenvalue weighted by Gasteiger charge is 2.31. The fourth-order valence-electron chi connectivity index (χ4n) is 1.53. The third kappa shape index (κ3) is 3.14. The van der Waals surface area contributed by atoms with Crippen molar-refractivity contribution in [1.82, 2.24) is 15.3 Å². The van der Waals surface area contributed by atoms with Crippen molar-refractivity contribution in [3.05, 3.63) is 53.4 Å². The van der Waals surface area contributed by atoms with Gasteiger partial charge in [0.2, 0.25) is 0 Å². The number of nitrogens with zero attached hydrogens (tertiary/aromatic N) is 1. The lowest BCUT2D eigenvalue weighted by Gasteiger charge is -2.10.